The second kappa shape index (κ2) is 19.0. The molecule has 0 saturated carbocycles. The minimum atomic E-state index is -0.181. The first kappa shape index (κ1) is 47.9. The van der Waals surface area contributed by atoms with Gasteiger partial charge >= 0.3 is 0 Å². The van der Waals surface area contributed by atoms with Crippen molar-refractivity contribution >= 4 is 11.0 Å². The van der Waals surface area contributed by atoms with Gasteiger partial charge in [0.1, 0.15) is 11.6 Å². The van der Waals surface area contributed by atoms with E-state index in [1.165, 1.54) is 22.3 Å². The topological polar surface area (TPSA) is 50.9 Å². The van der Waals surface area contributed by atoms with E-state index in [1.807, 2.05) is 54.7 Å². The maximum atomic E-state index is 12.3. The second-order valence-corrected chi connectivity index (χ2v) is 20.8. The third kappa shape index (κ3) is 9.21. The molecule has 0 aliphatic rings. The van der Waals surface area contributed by atoms with E-state index >= 15 is 0 Å². The number of hydrogen-bond donors (Lipinski definition) is 1. The fourth-order valence-corrected chi connectivity index (χ4v) is 9.51. The molecule has 4 nitrogen and oxygen atoms in total. The van der Waals surface area contributed by atoms with Crippen LogP contribution in [0.2, 0.25) is 0 Å². The summed E-state index contributed by atoms with van der Waals surface area (Å²) in [4.78, 5) is 10.6. The zero-order chi connectivity index (χ0) is 48.1. The van der Waals surface area contributed by atoms with E-state index in [0.717, 1.165) is 72.5 Å². The quantitative estimate of drug-likeness (QED) is 0.147. The van der Waals surface area contributed by atoms with Crippen molar-refractivity contribution in [3.8, 4) is 78.6 Å². The number of phenols is 1. The largest absolute Gasteiger partial charge is 0.507 e. The molecule has 10 aromatic rings. The molecule has 0 amide bonds. The van der Waals surface area contributed by atoms with Crippen molar-refractivity contribution < 1.29 is 26.2 Å². The Morgan fingerprint density at radius 3 is 1.66 bits per heavy atom. The van der Waals surface area contributed by atoms with E-state index in [1.54, 1.807) is 0 Å². The van der Waals surface area contributed by atoms with Gasteiger partial charge in [0.05, 0.1) is 22.3 Å². The van der Waals surface area contributed by atoms with Gasteiger partial charge in [0.15, 0.2) is 0 Å². The summed E-state index contributed by atoms with van der Waals surface area (Å²) in [7, 11) is 0. The number of phenolic OH excluding ortho intramolecular Hbond substituents is 1. The van der Waals surface area contributed by atoms with Crippen LogP contribution >= 0.6 is 0 Å². The van der Waals surface area contributed by atoms with Crippen LogP contribution in [0.15, 0.2) is 200 Å². The third-order valence-corrected chi connectivity index (χ3v) is 13.7. The van der Waals surface area contributed by atoms with Crippen LogP contribution in [0.4, 0.5) is 0 Å². The van der Waals surface area contributed by atoms with Gasteiger partial charge in [0, 0.05) is 49.5 Å². The number of benzene rings is 8. The molecule has 10 rings (SSSR count). The molecule has 0 aliphatic heterocycles. The molecular weight excluding hydrogens is 1030 g/mol. The number of pyridine rings is 1. The number of rotatable bonds is 9. The first-order valence-electron chi connectivity index (χ1n) is 24.0. The Hall–Kier alpha value is -7.13. The van der Waals surface area contributed by atoms with Crippen LogP contribution in [0.3, 0.4) is 0 Å². The van der Waals surface area contributed by atoms with Gasteiger partial charge in [-0.25, -0.2) is 4.98 Å². The maximum absolute atomic E-state index is 12.3. The Balaban J connectivity index is 0.00000608. The van der Waals surface area contributed by atoms with E-state index in [-0.39, 0.29) is 43.1 Å². The van der Waals surface area contributed by atoms with Crippen LogP contribution in [0, 0.1) is 6.07 Å². The molecule has 2 aromatic heterocycles. The smallest absolute Gasteiger partial charge is 0.148 e. The van der Waals surface area contributed by atoms with Crippen molar-refractivity contribution in [2.45, 2.75) is 71.6 Å². The number of aromatic hydroxyl groups is 1. The van der Waals surface area contributed by atoms with Crippen molar-refractivity contribution in [1.29, 1.82) is 0 Å². The van der Waals surface area contributed by atoms with Crippen LogP contribution < -0.4 is 0 Å². The van der Waals surface area contributed by atoms with Gasteiger partial charge in [-0.15, -0.1) is 29.3 Å². The molecular formula is C65H58N3OPt-. The SMILES string of the molecule is CC(C)(C)c1cc(-c2cc(-c3ccc(C(C)(C)c4ccccc4)cc3)ccn2)[c-]c(-c2cccc3c2nc(-c2cccc(-c4ccccc4)c2O)n3-c2ccc(C(C)(C)C)cc2-c2ccccc2)c1.[Pt]. The number of fused-ring (bicyclic) bond motifs is 1. The van der Waals surface area contributed by atoms with Crippen molar-refractivity contribution in [2.75, 3.05) is 0 Å². The van der Waals surface area contributed by atoms with Gasteiger partial charge in [0.2, 0.25) is 0 Å². The van der Waals surface area contributed by atoms with Gasteiger partial charge in [-0.05, 0) is 80.1 Å². The summed E-state index contributed by atoms with van der Waals surface area (Å²) in [5, 5.41) is 12.3. The average molecular weight is 1090 g/mol. The third-order valence-electron chi connectivity index (χ3n) is 13.7. The average Bonchev–Trinajstić information content (AvgIpc) is 3.76. The molecule has 0 atom stereocenters. The summed E-state index contributed by atoms with van der Waals surface area (Å²) in [5.41, 5.74) is 17.6. The number of hydrogen-bond acceptors (Lipinski definition) is 3. The van der Waals surface area contributed by atoms with Crippen LogP contribution in [0.1, 0.15) is 77.6 Å². The fourth-order valence-electron chi connectivity index (χ4n) is 9.51. The summed E-state index contributed by atoms with van der Waals surface area (Å²) in [6, 6.07) is 72.0. The van der Waals surface area contributed by atoms with E-state index < -0.39 is 0 Å². The minimum absolute atomic E-state index is 0. The number of imidazole rings is 1. The van der Waals surface area contributed by atoms with Gasteiger partial charge in [-0.1, -0.05) is 218 Å². The monoisotopic (exact) mass is 1090 g/mol. The van der Waals surface area contributed by atoms with Crippen LogP contribution in [-0.2, 0) is 37.3 Å². The number of aromatic nitrogens is 3. The first-order chi connectivity index (χ1) is 33.1. The van der Waals surface area contributed by atoms with E-state index in [2.05, 4.69) is 212 Å². The standard InChI is InChI=1S/C65H58N3O.Pt/c1-63(2,3)51-34-35-58(56(42-51)45-22-14-10-15-23-45)68-59-29-19-26-53(60(59)67-62(68)55-28-18-27-54(61(55)69)44-20-12-9-13-21-44)47-38-48(40-52(39-47)64(4,5)6)57-41-46(36-37-66-57)43-30-32-50(33-31-43)65(7,8)49-24-16-11-17-25-49;/h9-37,39-42,69H,1-8H3;/q-1;. The summed E-state index contributed by atoms with van der Waals surface area (Å²) in [6.07, 6.45) is 1.91. The minimum Gasteiger partial charge on any atom is -0.507 e. The van der Waals surface area contributed by atoms with Crippen molar-refractivity contribution in [1.82, 2.24) is 14.5 Å². The van der Waals surface area contributed by atoms with Crippen molar-refractivity contribution in [2.24, 2.45) is 0 Å². The molecule has 0 spiro atoms. The van der Waals surface area contributed by atoms with Crippen molar-refractivity contribution in [3.63, 3.8) is 0 Å². The van der Waals surface area contributed by atoms with Gasteiger partial charge in [0.25, 0.3) is 0 Å². The molecule has 0 radical (unpaired) electrons. The Morgan fingerprint density at radius 2 is 1.00 bits per heavy atom. The number of nitrogens with zero attached hydrogens (tertiary/aromatic N) is 3. The molecule has 350 valence electrons. The molecule has 5 heteroatoms. The van der Waals surface area contributed by atoms with Crippen LogP contribution in [0.25, 0.3) is 83.9 Å². The molecule has 0 unspecified atom stereocenters. The van der Waals surface area contributed by atoms with Crippen molar-refractivity contribution in [3.05, 3.63) is 229 Å². The molecule has 8 aromatic carbocycles. The normalized spacial score (nSPS) is 11.9. The molecule has 0 aliphatic carbocycles. The number of para-hydroxylation sites is 2. The molecule has 1 N–H and O–H groups in total. The zero-order valence-corrected chi connectivity index (χ0v) is 43.4. The molecule has 2 heterocycles. The Kier molecular flexibility index (Phi) is 13.0. The Labute approximate surface area is 428 Å². The van der Waals surface area contributed by atoms with E-state index in [0.29, 0.717) is 11.4 Å². The van der Waals surface area contributed by atoms with E-state index in [4.69, 9.17) is 9.97 Å². The summed E-state index contributed by atoms with van der Waals surface area (Å²) < 4.78 is 2.24. The molecule has 0 saturated heterocycles. The van der Waals surface area contributed by atoms with Crippen LogP contribution in [-0.4, -0.2) is 19.6 Å². The van der Waals surface area contributed by atoms with E-state index in [9.17, 15) is 5.11 Å². The molecule has 70 heavy (non-hydrogen) atoms. The first-order valence-corrected chi connectivity index (χ1v) is 24.0. The molecule has 0 bridgehead atoms. The predicted molar refractivity (Wildman–Crippen MR) is 288 cm³/mol. The fraction of sp³-hybridized carbons (Fsp3) is 0.169. The van der Waals surface area contributed by atoms with Crippen LogP contribution in [0.5, 0.6) is 5.75 Å². The summed E-state index contributed by atoms with van der Waals surface area (Å²) in [5.74, 6) is 0.826. The zero-order valence-electron chi connectivity index (χ0n) is 41.2. The van der Waals surface area contributed by atoms with Gasteiger partial charge < -0.3 is 5.11 Å². The Bertz CT molecular complexity index is 3470. The molecule has 0 fully saturated rings. The van der Waals surface area contributed by atoms with Gasteiger partial charge in [-0.3, -0.25) is 9.55 Å². The second-order valence-electron chi connectivity index (χ2n) is 20.8. The summed E-state index contributed by atoms with van der Waals surface area (Å²) >= 11 is 0. The maximum Gasteiger partial charge on any atom is 0.148 e. The summed E-state index contributed by atoms with van der Waals surface area (Å²) in [6.45, 7) is 18.1. The van der Waals surface area contributed by atoms with Gasteiger partial charge in [-0.2, -0.15) is 0 Å². The Morgan fingerprint density at radius 1 is 0.443 bits per heavy atom. The predicted octanol–water partition coefficient (Wildman–Crippen LogP) is 16.8.